The van der Waals surface area contributed by atoms with Crippen LogP contribution in [0, 0.1) is 5.92 Å². The Labute approximate surface area is 123 Å². The highest BCUT2D eigenvalue weighted by molar-refractivity contribution is 9.10. The van der Waals surface area contributed by atoms with Crippen LogP contribution in [0.5, 0.6) is 0 Å². The third-order valence-electron chi connectivity index (χ3n) is 3.75. The minimum atomic E-state index is -0.0381. The van der Waals surface area contributed by atoms with Crippen LogP contribution >= 0.6 is 15.9 Å². The summed E-state index contributed by atoms with van der Waals surface area (Å²) < 4.78 is 0.838. The predicted molar refractivity (Wildman–Crippen MR) is 82.1 cm³/mol. The topological polar surface area (TPSA) is 55.1 Å². The minimum absolute atomic E-state index is 0.0381. The minimum Gasteiger partial charge on any atom is -0.399 e. The molecule has 0 heterocycles. The Morgan fingerprint density at radius 3 is 2.68 bits per heavy atom. The van der Waals surface area contributed by atoms with Gasteiger partial charge < -0.3 is 11.1 Å². The predicted octanol–water partition coefficient (Wildman–Crippen LogP) is 3.73. The zero-order chi connectivity index (χ0) is 13.7. The number of nitrogens with two attached hydrogens (primary N) is 1. The van der Waals surface area contributed by atoms with Gasteiger partial charge in [0.25, 0.3) is 5.91 Å². The van der Waals surface area contributed by atoms with E-state index >= 15 is 0 Å². The standard InChI is InChI=1S/C15H21BrN2O/c16-13-8-12(9-14(17)10-13)15(19)18-7-6-11-4-2-1-3-5-11/h8-11H,1-7,17H2,(H,18,19). The molecule has 0 aromatic heterocycles. The Balaban J connectivity index is 1.80. The Hall–Kier alpha value is -1.03. The zero-order valence-electron chi connectivity index (χ0n) is 11.1. The molecule has 1 fully saturated rings. The molecule has 0 unspecified atom stereocenters. The van der Waals surface area contributed by atoms with Crippen molar-refractivity contribution >= 4 is 27.5 Å². The van der Waals surface area contributed by atoms with Crippen LogP contribution in [0.3, 0.4) is 0 Å². The van der Waals surface area contributed by atoms with Crippen molar-refractivity contribution in [2.24, 2.45) is 5.92 Å². The SMILES string of the molecule is Nc1cc(Br)cc(C(=O)NCCC2CCCCC2)c1. The van der Waals surface area contributed by atoms with E-state index in [1.54, 1.807) is 18.2 Å². The number of benzene rings is 1. The molecule has 0 aliphatic heterocycles. The number of hydrogen-bond donors (Lipinski definition) is 2. The fourth-order valence-electron chi connectivity index (χ4n) is 2.71. The van der Waals surface area contributed by atoms with Crippen LogP contribution in [0.4, 0.5) is 5.69 Å². The summed E-state index contributed by atoms with van der Waals surface area (Å²) in [5.74, 6) is 0.755. The second-order valence-electron chi connectivity index (χ2n) is 5.32. The summed E-state index contributed by atoms with van der Waals surface area (Å²) in [7, 11) is 0. The molecule has 1 aromatic rings. The van der Waals surface area contributed by atoms with Gasteiger partial charge in [-0.15, -0.1) is 0 Å². The van der Waals surface area contributed by atoms with Gasteiger partial charge in [0, 0.05) is 22.3 Å². The van der Waals surface area contributed by atoms with Crippen LogP contribution in [0.1, 0.15) is 48.9 Å². The van der Waals surface area contributed by atoms with Gasteiger partial charge in [0.15, 0.2) is 0 Å². The summed E-state index contributed by atoms with van der Waals surface area (Å²) in [5.41, 5.74) is 6.96. The van der Waals surface area contributed by atoms with E-state index < -0.39 is 0 Å². The summed E-state index contributed by atoms with van der Waals surface area (Å²) in [5, 5.41) is 2.99. The molecule has 104 valence electrons. The largest absolute Gasteiger partial charge is 0.399 e. The van der Waals surface area contributed by atoms with Crippen LogP contribution in [0.2, 0.25) is 0 Å². The molecule has 2 rings (SSSR count). The maximum absolute atomic E-state index is 12.0. The Bertz CT molecular complexity index is 422. The van der Waals surface area contributed by atoms with Crippen molar-refractivity contribution in [3.8, 4) is 0 Å². The first kappa shape index (κ1) is 14.4. The van der Waals surface area contributed by atoms with Crippen molar-refractivity contribution in [1.82, 2.24) is 5.32 Å². The lowest BCUT2D eigenvalue weighted by Crippen LogP contribution is -2.26. The summed E-state index contributed by atoms with van der Waals surface area (Å²) in [6, 6.07) is 5.30. The van der Waals surface area contributed by atoms with Crippen LogP contribution in [-0.2, 0) is 0 Å². The van der Waals surface area contributed by atoms with Gasteiger partial charge in [-0.1, -0.05) is 48.0 Å². The average Bonchev–Trinajstić information content (AvgIpc) is 2.38. The molecule has 3 N–H and O–H groups in total. The van der Waals surface area contributed by atoms with Gasteiger partial charge in [-0.2, -0.15) is 0 Å². The third kappa shape index (κ3) is 4.53. The van der Waals surface area contributed by atoms with E-state index in [1.807, 2.05) is 0 Å². The molecule has 0 spiro atoms. The number of nitrogen functional groups attached to an aromatic ring is 1. The summed E-state index contributed by atoms with van der Waals surface area (Å²) in [4.78, 5) is 12.0. The van der Waals surface area contributed by atoms with E-state index in [-0.39, 0.29) is 5.91 Å². The van der Waals surface area contributed by atoms with Crippen molar-refractivity contribution in [3.05, 3.63) is 28.2 Å². The lowest BCUT2D eigenvalue weighted by Gasteiger charge is -2.21. The van der Waals surface area contributed by atoms with Gasteiger partial charge in [-0.3, -0.25) is 4.79 Å². The first-order valence-electron chi connectivity index (χ1n) is 6.99. The number of anilines is 1. The molecule has 1 aromatic carbocycles. The second kappa shape index (κ2) is 6.94. The molecular weight excluding hydrogens is 304 g/mol. The molecule has 0 bridgehead atoms. The highest BCUT2D eigenvalue weighted by atomic mass is 79.9. The number of rotatable bonds is 4. The molecule has 0 radical (unpaired) electrons. The van der Waals surface area contributed by atoms with Crippen molar-refractivity contribution < 1.29 is 4.79 Å². The maximum atomic E-state index is 12.0. The highest BCUT2D eigenvalue weighted by Gasteiger charge is 2.13. The Kier molecular flexibility index (Phi) is 5.25. The number of carbonyl (C=O) groups is 1. The van der Waals surface area contributed by atoms with E-state index in [4.69, 9.17) is 5.73 Å². The monoisotopic (exact) mass is 324 g/mol. The van der Waals surface area contributed by atoms with Gasteiger partial charge in [-0.05, 0) is 30.5 Å². The van der Waals surface area contributed by atoms with Crippen molar-refractivity contribution in [1.29, 1.82) is 0 Å². The van der Waals surface area contributed by atoms with Crippen molar-refractivity contribution in [3.63, 3.8) is 0 Å². The summed E-state index contributed by atoms with van der Waals surface area (Å²) >= 11 is 3.35. The van der Waals surface area contributed by atoms with Crippen LogP contribution in [-0.4, -0.2) is 12.5 Å². The molecule has 3 nitrogen and oxygen atoms in total. The summed E-state index contributed by atoms with van der Waals surface area (Å²) in [6.07, 6.45) is 7.80. The number of halogens is 1. The first-order chi connectivity index (χ1) is 9.15. The number of amides is 1. The Morgan fingerprint density at radius 2 is 2.00 bits per heavy atom. The Morgan fingerprint density at radius 1 is 1.26 bits per heavy atom. The van der Waals surface area contributed by atoms with Gasteiger partial charge in [-0.25, -0.2) is 0 Å². The number of hydrogen-bond acceptors (Lipinski definition) is 2. The second-order valence-corrected chi connectivity index (χ2v) is 6.24. The quantitative estimate of drug-likeness (QED) is 0.829. The van der Waals surface area contributed by atoms with Gasteiger partial charge >= 0.3 is 0 Å². The molecule has 1 saturated carbocycles. The molecule has 1 aliphatic rings. The third-order valence-corrected chi connectivity index (χ3v) is 4.20. The fraction of sp³-hybridized carbons (Fsp3) is 0.533. The lowest BCUT2D eigenvalue weighted by molar-refractivity contribution is 0.0950. The lowest BCUT2D eigenvalue weighted by atomic mass is 9.87. The van der Waals surface area contributed by atoms with Crippen LogP contribution < -0.4 is 11.1 Å². The van der Waals surface area contributed by atoms with Crippen molar-refractivity contribution in [2.45, 2.75) is 38.5 Å². The maximum Gasteiger partial charge on any atom is 0.251 e. The van der Waals surface area contributed by atoms with E-state index in [0.29, 0.717) is 11.3 Å². The molecule has 0 saturated heterocycles. The molecule has 1 aliphatic carbocycles. The molecule has 1 amide bonds. The van der Waals surface area contributed by atoms with Gasteiger partial charge in [0.1, 0.15) is 0 Å². The number of nitrogens with one attached hydrogen (secondary N) is 1. The van der Waals surface area contributed by atoms with Gasteiger partial charge in [0.2, 0.25) is 0 Å². The zero-order valence-corrected chi connectivity index (χ0v) is 12.7. The molecule has 19 heavy (non-hydrogen) atoms. The van der Waals surface area contributed by atoms with E-state index in [1.165, 1.54) is 32.1 Å². The van der Waals surface area contributed by atoms with E-state index in [0.717, 1.165) is 23.4 Å². The van der Waals surface area contributed by atoms with Crippen molar-refractivity contribution in [2.75, 3.05) is 12.3 Å². The summed E-state index contributed by atoms with van der Waals surface area (Å²) in [6.45, 7) is 0.760. The molecular formula is C15H21BrN2O. The van der Waals surface area contributed by atoms with Gasteiger partial charge in [0.05, 0.1) is 0 Å². The molecule has 4 heteroatoms. The average molecular weight is 325 g/mol. The smallest absolute Gasteiger partial charge is 0.251 e. The highest BCUT2D eigenvalue weighted by Crippen LogP contribution is 2.25. The normalized spacial score (nSPS) is 16.3. The molecule has 0 atom stereocenters. The van der Waals surface area contributed by atoms with E-state index in [9.17, 15) is 4.79 Å². The van der Waals surface area contributed by atoms with E-state index in [2.05, 4.69) is 21.2 Å². The fourth-order valence-corrected chi connectivity index (χ4v) is 3.22. The first-order valence-corrected chi connectivity index (χ1v) is 7.79. The van der Waals surface area contributed by atoms with Crippen LogP contribution in [0.15, 0.2) is 22.7 Å². The number of carbonyl (C=O) groups excluding carboxylic acids is 1. The van der Waals surface area contributed by atoms with Crippen LogP contribution in [0.25, 0.3) is 0 Å².